The number of carbonyl (C=O) groups excluding carboxylic acids is 1. The maximum atomic E-state index is 12.0. The molecule has 0 aliphatic carbocycles. The van der Waals surface area contributed by atoms with Gasteiger partial charge in [0, 0.05) is 22.6 Å². The minimum Gasteiger partial charge on any atom is -0.493 e. The number of azo groups is 1. The van der Waals surface area contributed by atoms with E-state index >= 15 is 0 Å². The maximum Gasteiger partial charge on any atom is 0.313 e. The summed E-state index contributed by atoms with van der Waals surface area (Å²) in [4.78, 5) is 16.0. The van der Waals surface area contributed by atoms with Gasteiger partial charge in [0.25, 0.3) is 0 Å². The lowest BCUT2D eigenvalue weighted by Crippen LogP contribution is -1.96. The van der Waals surface area contributed by atoms with Crippen LogP contribution in [0.3, 0.4) is 0 Å². The van der Waals surface area contributed by atoms with Gasteiger partial charge in [0.05, 0.1) is 5.52 Å². The van der Waals surface area contributed by atoms with Crippen molar-refractivity contribution in [3.05, 3.63) is 52.8 Å². The molecule has 0 saturated carbocycles. The fraction of sp³-hybridized carbons (Fsp3) is 0.176. The second kappa shape index (κ2) is 6.92. The molecule has 0 radical (unpaired) electrons. The number of pyridine rings is 1. The molecule has 2 aromatic heterocycles. The Kier molecular flexibility index (Phi) is 4.71. The van der Waals surface area contributed by atoms with Crippen LogP contribution >= 0.6 is 15.9 Å². The van der Waals surface area contributed by atoms with Crippen LogP contribution in [0, 0.1) is 0 Å². The molecule has 3 rings (SSSR count). The van der Waals surface area contributed by atoms with E-state index in [1.54, 1.807) is 22.8 Å². The van der Waals surface area contributed by atoms with Crippen molar-refractivity contribution in [2.75, 3.05) is 0 Å². The highest BCUT2D eigenvalue weighted by Crippen LogP contribution is 2.40. The molecule has 0 bridgehead atoms. The molecule has 6 nitrogen and oxygen atoms in total. The molecular formula is C17H15BrN4O2. The van der Waals surface area contributed by atoms with E-state index in [0.717, 1.165) is 21.8 Å². The van der Waals surface area contributed by atoms with Gasteiger partial charge in [0.15, 0.2) is 5.69 Å². The molecule has 0 spiro atoms. The summed E-state index contributed by atoms with van der Waals surface area (Å²) < 4.78 is 2.62. The molecule has 122 valence electrons. The number of aromatic hydroxyl groups is 1. The highest BCUT2D eigenvalue weighted by atomic mass is 79.9. The van der Waals surface area contributed by atoms with Crippen molar-refractivity contribution in [3.63, 3.8) is 0 Å². The Hall–Kier alpha value is -2.54. The molecule has 0 aliphatic rings. The summed E-state index contributed by atoms with van der Waals surface area (Å²) in [6, 6.07) is 10.6. The minimum atomic E-state index is -0.554. The van der Waals surface area contributed by atoms with E-state index in [9.17, 15) is 9.90 Å². The van der Waals surface area contributed by atoms with E-state index in [2.05, 4.69) is 31.1 Å². The number of rotatable bonds is 4. The molecular weight excluding hydrogens is 372 g/mol. The number of aromatic nitrogens is 2. The summed E-state index contributed by atoms with van der Waals surface area (Å²) in [6.07, 6.45) is 2.38. The van der Waals surface area contributed by atoms with Gasteiger partial charge in [-0.25, -0.2) is 0 Å². The third-order valence-electron chi connectivity index (χ3n) is 3.54. The van der Waals surface area contributed by atoms with Gasteiger partial charge in [-0.2, -0.15) is 0 Å². The molecule has 1 N–H and O–H groups in total. The number of hydrogen-bond donors (Lipinski definition) is 1. The van der Waals surface area contributed by atoms with Crippen LogP contribution in [0.25, 0.3) is 10.9 Å². The van der Waals surface area contributed by atoms with Crippen LogP contribution < -0.4 is 0 Å². The third kappa shape index (κ3) is 3.07. The van der Waals surface area contributed by atoms with Crippen LogP contribution in [-0.4, -0.2) is 20.6 Å². The fourth-order valence-electron chi connectivity index (χ4n) is 2.48. The summed E-state index contributed by atoms with van der Waals surface area (Å²) in [5.41, 5.74) is 1.33. The quantitative estimate of drug-likeness (QED) is 0.651. The Bertz CT molecular complexity index is 919. The van der Waals surface area contributed by atoms with Crippen LogP contribution in [0.4, 0.5) is 5.69 Å². The lowest BCUT2D eigenvalue weighted by molar-refractivity contribution is 0.0990. The number of hydrogen-bond acceptors (Lipinski definition) is 4. The molecule has 7 heteroatoms. The van der Waals surface area contributed by atoms with E-state index in [1.165, 1.54) is 6.20 Å². The van der Waals surface area contributed by atoms with Gasteiger partial charge in [-0.15, -0.1) is 10.2 Å². The number of halogens is 1. The first-order valence-corrected chi connectivity index (χ1v) is 8.29. The lowest BCUT2D eigenvalue weighted by Gasteiger charge is -2.03. The van der Waals surface area contributed by atoms with Crippen molar-refractivity contribution in [3.8, 4) is 5.88 Å². The second-order valence-electron chi connectivity index (χ2n) is 5.21. The SMILES string of the molecule is CCCn1c(O)c(N=NC(=O)c2ccccn2)c2cc(Br)ccc21. The Labute approximate surface area is 147 Å². The predicted octanol–water partition coefficient (Wildman–Crippen LogP) is 4.84. The zero-order valence-corrected chi connectivity index (χ0v) is 14.6. The zero-order valence-electron chi connectivity index (χ0n) is 13.0. The van der Waals surface area contributed by atoms with Gasteiger partial charge >= 0.3 is 5.91 Å². The van der Waals surface area contributed by atoms with E-state index in [0.29, 0.717) is 6.54 Å². The van der Waals surface area contributed by atoms with Crippen LogP contribution in [0.15, 0.2) is 57.3 Å². The van der Waals surface area contributed by atoms with E-state index in [-0.39, 0.29) is 17.3 Å². The Morgan fingerprint density at radius 1 is 1.33 bits per heavy atom. The third-order valence-corrected chi connectivity index (χ3v) is 4.04. The standard InChI is InChI=1S/C17H15BrN4O2/c1-2-9-22-14-7-6-11(18)10-12(14)15(17(22)24)20-21-16(23)13-5-3-4-8-19-13/h3-8,10,24H,2,9H2,1H3. The van der Waals surface area contributed by atoms with E-state index in [1.807, 2.05) is 25.1 Å². The van der Waals surface area contributed by atoms with Crippen molar-refractivity contribution in [1.82, 2.24) is 9.55 Å². The van der Waals surface area contributed by atoms with Gasteiger partial charge in [0.1, 0.15) is 5.69 Å². The van der Waals surface area contributed by atoms with Gasteiger partial charge < -0.3 is 9.67 Å². The van der Waals surface area contributed by atoms with Crippen LogP contribution in [0.5, 0.6) is 5.88 Å². The largest absolute Gasteiger partial charge is 0.493 e. The van der Waals surface area contributed by atoms with Crippen molar-refractivity contribution in [2.45, 2.75) is 19.9 Å². The normalized spacial score (nSPS) is 11.4. The van der Waals surface area contributed by atoms with Crippen molar-refractivity contribution in [1.29, 1.82) is 0 Å². The summed E-state index contributed by atoms with van der Waals surface area (Å²) in [5.74, 6) is -0.552. The lowest BCUT2D eigenvalue weighted by atomic mass is 10.2. The molecule has 0 unspecified atom stereocenters. The van der Waals surface area contributed by atoms with Crippen LogP contribution in [0.1, 0.15) is 23.8 Å². The number of amides is 1. The summed E-state index contributed by atoms with van der Waals surface area (Å²) in [7, 11) is 0. The second-order valence-corrected chi connectivity index (χ2v) is 6.12. The fourth-order valence-corrected chi connectivity index (χ4v) is 2.84. The summed E-state index contributed by atoms with van der Waals surface area (Å²) in [6.45, 7) is 2.67. The van der Waals surface area contributed by atoms with E-state index in [4.69, 9.17) is 0 Å². The van der Waals surface area contributed by atoms with Crippen molar-refractivity contribution < 1.29 is 9.90 Å². The molecule has 2 heterocycles. The van der Waals surface area contributed by atoms with Gasteiger partial charge in [0.2, 0.25) is 5.88 Å². The first-order valence-electron chi connectivity index (χ1n) is 7.49. The predicted molar refractivity (Wildman–Crippen MR) is 94.7 cm³/mol. The Balaban J connectivity index is 2.05. The highest BCUT2D eigenvalue weighted by Gasteiger charge is 2.17. The molecule has 24 heavy (non-hydrogen) atoms. The molecule has 0 aliphatic heterocycles. The molecule has 1 aromatic carbocycles. The topological polar surface area (TPSA) is 79.8 Å². The molecule has 0 fully saturated rings. The molecule has 1 amide bonds. The number of nitrogens with zero attached hydrogens (tertiary/aromatic N) is 4. The monoisotopic (exact) mass is 386 g/mol. The van der Waals surface area contributed by atoms with Gasteiger partial charge in [-0.05, 0) is 36.8 Å². The van der Waals surface area contributed by atoms with Gasteiger partial charge in [-0.3, -0.25) is 9.78 Å². The number of aryl methyl sites for hydroxylation is 1. The van der Waals surface area contributed by atoms with Crippen molar-refractivity contribution >= 4 is 38.4 Å². The number of fused-ring (bicyclic) bond motifs is 1. The first-order chi connectivity index (χ1) is 11.6. The summed E-state index contributed by atoms with van der Waals surface area (Å²) in [5, 5.41) is 18.9. The number of benzene rings is 1. The summed E-state index contributed by atoms with van der Waals surface area (Å²) >= 11 is 3.42. The average molecular weight is 387 g/mol. The van der Waals surface area contributed by atoms with Gasteiger partial charge in [-0.1, -0.05) is 28.9 Å². The maximum absolute atomic E-state index is 12.0. The molecule has 3 aromatic rings. The van der Waals surface area contributed by atoms with Crippen LogP contribution in [0.2, 0.25) is 0 Å². The molecule has 0 atom stereocenters. The Morgan fingerprint density at radius 2 is 2.17 bits per heavy atom. The highest BCUT2D eigenvalue weighted by molar-refractivity contribution is 9.10. The minimum absolute atomic E-state index is 0.00233. The molecule has 0 saturated heterocycles. The number of carbonyl (C=O) groups is 1. The first kappa shape index (κ1) is 16.3. The van der Waals surface area contributed by atoms with Crippen LogP contribution in [-0.2, 0) is 6.54 Å². The Morgan fingerprint density at radius 3 is 2.88 bits per heavy atom. The zero-order chi connectivity index (χ0) is 17.1. The average Bonchev–Trinajstić information content (AvgIpc) is 2.85. The van der Waals surface area contributed by atoms with E-state index < -0.39 is 5.91 Å². The smallest absolute Gasteiger partial charge is 0.313 e. The van der Waals surface area contributed by atoms with Crippen molar-refractivity contribution in [2.24, 2.45) is 10.2 Å².